The van der Waals surface area contributed by atoms with E-state index in [0.29, 0.717) is 44.8 Å². The van der Waals surface area contributed by atoms with Crippen molar-refractivity contribution in [3.05, 3.63) is 41.7 Å². The summed E-state index contributed by atoms with van der Waals surface area (Å²) in [4.78, 5) is 31.5. The molecule has 2 fully saturated rings. The second-order valence-electron chi connectivity index (χ2n) is 11.1. The number of rotatable bonds is 11. The fourth-order valence-electron chi connectivity index (χ4n) is 5.65. The molecule has 2 aliphatic heterocycles. The highest BCUT2D eigenvalue weighted by atomic mass is 35.5. The van der Waals surface area contributed by atoms with E-state index < -0.39 is 0 Å². The number of amides is 2. The number of unbranched alkanes of at least 4 members (excludes halogenated alkanes) is 1. The molecule has 1 aromatic heterocycles. The zero-order chi connectivity index (χ0) is 26.9. The first-order valence-corrected chi connectivity index (χ1v) is 14.3. The summed E-state index contributed by atoms with van der Waals surface area (Å²) >= 11 is 0. The van der Waals surface area contributed by atoms with Crippen molar-refractivity contribution in [1.82, 2.24) is 30.1 Å². The molecule has 9 nitrogen and oxygen atoms in total. The molecule has 2 amide bonds. The highest BCUT2D eigenvalue weighted by Crippen LogP contribution is 2.24. The molecule has 4 rings (SSSR count). The Balaban J connectivity index is 0.00000420. The van der Waals surface area contributed by atoms with Gasteiger partial charge in [0.15, 0.2) is 5.69 Å². The van der Waals surface area contributed by atoms with Crippen molar-refractivity contribution in [2.24, 2.45) is 11.8 Å². The lowest BCUT2D eigenvalue weighted by Crippen LogP contribution is -2.55. The maximum Gasteiger partial charge on any atom is 0.276 e. The van der Waals surface area contributed by atoms with E-state index in [2.05, 4.69) is 29.5 Å². The molecule has 0 spiro atoms. The van der Waals surface area contributed by atoms with Crippen molar-refractivity contribution in [3.63, 3.8) is 0 Å². The Morgan fingerprint density at radius 3 is 2.54 bits per heavy atom. The highest BCUT2D eigenvalue weighted by molar-refractivity contribution is 5.94. The third kappa shape index (κ3) is 8.02. The van der Waals surface area contributed by atoms with E-state index in [0.717, 1.165) is 50.2 Å². The summed E-state index contributed by atoms with van der Waals surface area (Å²) in [6, 6.07) is 9.79. The number of halogens is 1. The second kappa shape index (κ2) is 15.3. The van der Waals surface area contributed by atoms with Gasteiger partial charge in [0.2, 0.25) is 5.91 Å². The van der Waals surface area contributed by atoms with Crippen LogP contribution in [0.3, 0.4) is 0 Å². The standard InChI is InChI=1S/C29H44N6O3.ClH/c1-22(2)21-34(25-18-23(19-30-20-25)28(36)33-15-9-5-10-16-33)29(37)27-26(14-8-11-17-38-3)35(32-31-27)24-12-6-4-7-13-24;/h4,6-7,12-13,22-23,25,30H,5,8-11,14-21H2,1-3H3;1H/t23-,25+;/m1./s1. The SMILES string of the molecule is COCCCCc1c(C(=O)N(CC(C)C)[C@@H]2CNC[C@H](C(=O)N3CCCCC3)C2)nnn1-c1ccccc1.Cl. The molecular weight excluding hydrogens is 516 g/mol. The van der Waals surface area contributed by atoms with Crippen LogP contribution in [0.2, 0.25) is 0 Å². The first kappa shape index (κ1) is 31.0. The number of nitrogens with zero attached hydrogens (tertiary/aromatic N) is 5. The number of nitrogens with one attached hydrogen (secondary N) is 1. The maximum absolute atomic E-state index is 14.2. The molecule has 1 N–H and O–H groups in total. The number of piperidine rings is 2. The van der Waals surface area contributed by atoms with Crippen LogP contribution in [0.15, 0.2) is 30.3 Å². The Labute approximate surface area is 239 Å². The van der Waals surface area contributed by atoms with Gasteiger partial charge in [-0.25, -0.2) is 4.68 Å². The minimum Gasteiger partial charge on any atom is -0.385 e. The van der Waals surface area contributed by atoms with Gasteiger partial charge in [-0.15, -0.1) is 17.5 Å². The topological polar surface area (TPSA) is 92.6 Å². The molecule has 0 unspecified atom stereocenters. The molecular formula is C29H45ClN6O3. The number of hydrogen-bond donors (Lipinski definition) is 1. The molecule has 39 heavy (non-hydrogen) atoms. The van der Waals surface area contributed by atoms with Gasteiger partial charge in [-0.2, -0.15) is 0 Å². The summed E-state index contributed by atoms with van der Waals surface area (Å²) in [5, 5.41) is 12.3. The number of methoxy groups -OCH3 is 1. The lowest BCUT2D eigenvalue weighted by Gasteiger charge is -2.40. The molecule has 2 saturated heterocycles. The van der Waals surface area contributed by atoms with E-state index in [1.54, 1.807) is 11.8 Å². The van der Waals surface area contributed by atoms with E-state index >= 15 is 0 Å². The molecule has 0 bridgehead atoms. The van der Waals surface area contributed by atoms with Gasteiger partial charge in [0, 0.05) is 52.5 Å². The minimum atomic E-state index is -0.108. The summed E-state index contributed by atoms with van der Waals surface area (Å²) in [5.74, 6) is 0.308. The second-order valence-corrected chi connectivity index (χ2v) is 11.1. The predicted molar refractivity (Wildman–Crippen MR) is 154 cm³/mol. The molecule has 0 aliphatic carbocycles. The Morgan fingerprint density at radius 1 is 1.10 bits per heavy atom. The van der Waals surface area contributed by atoms with E-state index in [9.17, 15) is 9.59 Å². The first-order valence-electron chi connectivity index (χ1n) is 14.3. The van der Waals surface area contributed by atoms with Crippen LogP contribution < -0.4 is 5.32 Å². The predicted octanol–water partition coefficient (Wildman–Crippen LogP) is 3.75. The van der Waals surface area contributed by atoms with E-state index in [4.69, 9.17) is 4.74 Å². The molecule has 216 valence electrons. The van der Waals surface area contributed by atoms with Gasteiger partial charge >= 0.3 is 0 Å². The Kier molecular flexibility index (Phi) is 12.2. The molecule has 0 radical (unpaired) electrons. The monoisotopic (exact) mass is 560 g/mol. The fourth-order valence-corrected chi connectivity index (χ4v) is 5.65. The fraction of sp³-hybridized carbons (Fsp3) is 0.655. The van der Waals surface area contributed by atoms with Crippen LogP contribution in [-0.2, 0) is 16.0 Å². The van der Waals surface area contributed by atoms with Crippen molar-refractivity contribution in [1.29, 1.82) is 0 Å². The highest BCUT2D eigenvalue weighted by Gasteiger charge is 2.37. The normalized spacial score (nSPS) is 19.5. The first-order chi connectivity index (χ1) is 18.5. The van der Waals surface area contributed by atoms with Gasteiger partial charge in [0.25, 0.3) is 5.91 Å². The van der Waals surface area contributed by atoms with E-state index in [-0.39, 0.29) is 42.1 Å². The summed E-state index contributed by atoms with van der Waals surface area (Å²) in [7, 11) is 1.70. The van der Waals surface area contributed by atoms with Crippen LogP contribution in [0.25, 0.3) is 5.69 Å². The number of carbonyl (C=O) groups excluding carboxylic acids is 2. The van der Waals surface area contributed by atoms with Gasteiger partial charge in [-0.3, -0.25) is 9.59 Å². The van der Waals surface area contributed by atoms with Crippen LogP contribution in [0.1, 0.15) is 68.6 Å². The third-order valence-corrected chi connectivity index (χ3v) is 7.59. The number of ether oxygens (including phenoxy) is 1. The summed E-state index contributed by atoms with van der Waals surface area (Å²) in [5.41, 5.74) is 2.13. The van der Waals surface area contributed by atoms with E-state index in [1.807, 2.05) is 40.1 Å². The van der Waals surface area contributed by atoms with Crippen LogP contribution in [0.5, 0.6) is 0 Å². The average Bonchev–Trinajstić information content (AvgIpc) is 3.38. The Hall–Kier alpha value is -2.49. The van der Waals surface area contributed by atoms with Crippen LogP contribution in [0.4, 0.5) is 0 Å². The van der Waals surface area contributed by atoms with Crippen LogP contribution in [-0.4, -0.2) is 89.1 Å². The van der Waals surface area contributed by atoms with Crippen LogP contribution >= 0.6 is 12.4 Å². The maximum atomic E-state index is 14.2. The van der Waals surface area contributed by atoms with Crippen molar-refractivity contribution >= 4 is 24.2 Å². The molecule has 2 aliphatic rings. The molecule has 2 aromatic rings. The van der Waals surface area contributed by atoms with Gasteiger partial charge < -0.3 is 19.9 Å². The van der Waals surface area contributed by atoms with Crippen molar-refractivity contribution in [2.75, 3.05) is 46.4 Å². The largest absolute Gasteiger partial charge is 0.385 e. The summed E-state index contributed by atoms with van der Waals surface area (Å²) in [6.45, 7) is 8.59. The lowest BCUT2D eigenvalue weighted by atomic mass is 9.91. The van der Waals surface area contributed by atoms with Crippen molar-refractivity contribution in [2.45, 2.75) is 64.8 Å². The number of likely N-dealkylation sites (tertiary alicyclic amines) is 1. The molecule has 2 atom stereocenters. The van der Waals surface area contributed by atoms with Gasteiger partial charge in [-0.1, -0.05) is 37.3 Å². The van der Waals surface area contributed by atoms with Crippen molar-refractivity contribution in [3.8, 4) is 5.69 Å². The molecule has 3 heterocycles. The lowest BCUT2D eigenvalue weighted by molar-refractivity contribution is -0.137. The zero-order valence-electron chi connectivity index (χ0n) is 23.7. The van der Waals surface area contributed by atoms with Gasteiger partial charge in [-0.05, 0) is 63.0 Å². The number of hydrogen-bond acceptors (Lipinski definition) is 6. The summed E-state index contributed by atoms with van der Waals surface area (Å²) in [6.07, 6.45) is 6.48. The van der Waals surface area contributed by atoms with Crippen LogP contribution in [0, 0.1) is 11.8 Å². The van der Waals surface area contributed by atoms with Gasteiger partial charge in [0.1, 0.15) is 0 Å². The third-order valence-electron chi connectivity index (χ3n) is 7.59. The number of benzene rings is 1. The Morgan fingerprint density at radius 2 is 1.85 bits per heavy atom. The quantitative estimate of drug-likeness (QED) is 0.421. The minimum absolute atomic E-state index is 0. The molecule has 10 heteroatoms. The zero-order valence-corrected chi connectivity index (χ0v) is 24.5. The van der Waals surface area contributed by atoms with Crippen molar-refractivity contribution < 1.29 is 14.3 Å². The smallest absolute Gasteiger partial charge is 0.276 e. The number of carbonyl (C=O) groups is 2. The Bertz CT molecular complexity index is 1040. The molecule has 0 saturated carbocycles. The van der Waals surface area contributed by atoms with Gasteiger partial charge in [0.05, 0.1) is 17.3 Å². The average molecular weight is 561 g/mol. The number of para-hydroxylation sites is 1. The molecule has 1 aromatic carbocycles. The van der Waals surface area contributed by atoms with E-state index in [1.165, 1.54) is 6.42 Å². The number of aromatic nitrogens is 3. The summed E-state index contributed by atoms with van der Waals surface area (Å²) < 4.78 is 7.04.